The highest BCUT2D eigenvalue weighted by atomic mass is 32.1. The zero-order valence-corrected chi connectivity index (χ0v) is 11.3. The molecule has 1 unspecified atom stereocenters. The average molecular weight is 250 g/mol. The molecule has 2 aromatic heterocycles. The van der Waals surface area contributed by atoms with Crippen LogP contribution in [0.3, 0.4) is 0 Å². The molecule has 0 aliphatic rings. The van der Waals surface area contributed by atoms with Crippen LogP contribution in [-0.4, -0.2) is 21.1 Å². The topological polar surface area (TPSA) is 42.7 Å². The van der Waals surface area contributed by atoms with Crippen LogP contribution in [0.5, 0.6) is 0 Å². The van der Waals surface area contributed by atoms with Crippen LogP contribution in [0.2, 0.25) is 0 Å². The Morgan fingerprint density at radius 2 is 2.29 bits per heavy atom. The Morgan fingerprint density at radius 1 is 1.47 bits per heavy atom. The van der Waals surface area contributed by atoms with Gasteiger partial charge in [-0.2, -0.15) is 0 Å². The van der Waals surface area contributed by atoms with Gasteiger partial charge in [-0.15, -0.1) is 11.3 Å². The molecule has 0 saturated heterocycles. The van der Waals surface area contributed by atoms with Crippen LogP contribution in [-0.2, 0) is 6.54 Å². The molecule has 92 valence electrons. The fourth-order valence-corrected chi connectivity index (χ4v) is 2.70. The summed E-state index contributed by atoms with van der Waals surface area (Å²) in [5.74, 6) is 0. The van der Waals surface area contributed by atoms with Gasteiger partial charge in [-0.3, -0.25) is 0 Å². The van der Waals surface area contributed by atoms with E-state index in [1.807, 2.05) is 12.5 Å². The molecule has 0 radical (unpaired) electrons. The van der Waals surface area contributed by atoms with Crippen LogP contribution in [0.25, 0.3) is 10.7 Å². The first kappa shape index (κ1) is 12.3. The minimum atomic E-state index is 0.308. The van der Waals surface area contributed by atoms with Crippen molar-refractivity contribution in [3.63, 3.8) is 0 Å². The Balaban J connectivity index is 2.23. The van der Waals surface area contributed by atoms with Crippen molar-refractivity contribution >= 4 is 11.3 Å². The monoisotopic (exact) mass is 250 g/mol. The molecule has 0 fully saturated rings. The number of rotatable bonds is 5. The summed E-state index contributed by atoms with van der Waals surface area (Å²) in [6, 6.07) is 0.308. The van der Waals surface area contributed by atoms with E-state index < -0.39 is 0 Å². The van der Waals surface area contributed by atoms with Gasteiger partial charge in [0.2, 0.25) is 0 Å². The number of aromatic nitrogens is 3. The minimum Gasteiger partial charge on any atom is -0.329 e. The molecule has 4 nitrogen and oxygen atoms in total. The Labute approximate surface area is 106 Å². The van der Waals surface area contributed by atoms with Crippen LogP contribution in [0.4, 0.5) is 0 Å². The molecule has 0 aliphatic heterocycles. The smallest absolute Gasteiger partial charge is 0.141 e. The molecular formula is C12H18N4S. The quantitative estimate of drug-likeness (QED) is 0.887. The Morgan fingerprint density at radius 3 is 3.00 bits per heavy atom. The molecule has 0 aliphatic carbocycles. The van der Waals surface area contributed by atoms with Gasteiger partial charge >= 0.3 is 0 Å². The van der Waals surface area contributed by atoms with E-state index in [1.165, 1.54) is 0 Å². The van der Waals surface area contributed by atoms with Crippen molar-refractivity contribution in [2.24, 2.45) is 0 Å². The molecular weight excluding hydrogens is 232 g/mol. The lowest BCUT2D eigenvalue weighted by atomic mass is 10.2. The van der Waals surface area contributed by atoms with Crippen LogP contribution >= 0.6 is 11.3 Å². The van der Waals surface area contributed by atoms with Gasteiger partial charge in [0.25, 0.3) is 0 Å². The highest BCUT2D eigenvalue weighted by Crippen LogP contribution is 2.25. The van der Waals surface area contributed by atoms with Crippen molar-refractivity contribution in [1.82, 2.24) is 19.9 Å². The minimum absolute atomic E-state index is 0.308. The average Bonchev–Trinajstić information content (AvgIpc) is 2.97. The second-order valence-corrected chi connectivity index (χ2v) is 4.78. The number of hydrogen-bond donors (Lipinski definition) is 1. The Hall–Kier alpha value is -1.20. The summed E-state index contributed by atoms with van der Waals surface area (Å²) in [6.07, 6.45) is 3.73. The summed E-state index contributed by atoms with van der Waals surface area (Å²) in [4.78, 5) is 8.85. The lowest BCUT2D eigenvalue weighted by Gasteiger charge is -2.08. The SMILES string of the molecule is CCNC(C)c1csc(-c2cncn2CC)n1. The number of aryl methyl sites for hydroxylation is 1. The molecule has 2 heterocycles. The van der Waals surface area contributed by atoms with Crippen molar-refractivity contribution < 1.29 is 0 Å². The maximum Gasteiger partial charge on any atom is 0.141 e. The molecule has 0 amide bonds. The van der Waals surface area contributed by atoms with E-state index >= 15 is 0 Å². The van der Waals surface area contributed by atoms with E-state index in [4.69, 9.17) is 0 Å². The van der Waals surface area contributed by atoms with Crippen molar-refractivity contribution in [3.05, 3.63) is 23.6 Å². The van der Waals surface area contributed by atoms with Gasteiger partial charge in [0.1, 0.15) is 5.01 Å². The third-order valence-corrected chi connectivity index (χ3v) is 3.63. The first-order chi connectivity index (χ1) is 8.26. The zero-order chi connectivity index (χ0) is 12.3. The first-order valence-electron chi connectivity index (χ1n) is 5.95. The van der Waals surface area contributed by atoms with Crippen LogP contribution in [0.15, 0.2) is 17.9 Å². The fraction of sp³-hybridized carbons (Fsp3) is 0.500. The van der Waals surface area contributed by atoms with Gasteiger partial charge in [-0.25, -0.2) is 9.97 Å². The van der Waals surface area contributed by atoms with Gasteiger partial charge < -0.3 is 9.88 Å². The predicted octanol–water partition coefficient (Wildman–Crippen LogP) is 2.70. The van der Waals surface area contributed by atoms with Crippen molar-refractivity contribution in [1.29, 1.82) is 0 Å². The third-order valence-electron chi connectivity index (χ3n) is 2.75. The van der Waals surface area contributed by atoms with E-state index in [0.29, 0.717) is 6.04 Å². The molecule has 1 N–H and O–H groups in total. The molecule has 0 aromatic carbocycles. The largest absolute Gasteiger partial charge is 0.329 e. The van der Waals surface area contributed by atoms with Gasteiger partial charge in [0.15, 0.2) is 0 Å². The molecule has 2 aromatic rings. The van der Waals surface area contributed by atoms with Gasteiger partial charge in [0, 0.05) is 18.0 Å². The van der Waals surface area contributed by atoms with Crippen LogP contribution < -0.4 is 5.32 Å². The second-order valence-electron chi connectivity index (χ2n) is 3.92. The van der Waals surface area contributed by atoms with Crippen LogP contribution in [0.1, 0.15) is 32.5 Å². The highest BCUT2D eigenvalue weighted by Gasteiger charge is 2.12. The van der Waals surface area contributed by atoms with E-state index in [1.54, 1.807) is 11.3 Å². The molecule has 5 heteroatoms. The molecule has 1 atom stereocenters. The predicted molar refractivity (Wildman–Crippen MR) is 71.1 cm³/mol. The van der Waals surface area contributed by atoms with E-state index in [0.717, 1.165) is 29.5 Å². The Bertz CT molecular complexity index is 474. The van der Waals surface area contributed by atoms with Crippen LogP contribution in [0, 0.1) is 0 Å². The maximum atomic E-state index is 4.68. The van der Waals surface area contributed by atoms with Gasteiger partial charge in [-0.1, -0.05) is 6.92 Å². The lowest BCUT2D eigenvalue weighted by Crippen LogP contribution is -2.17. The molecule has 17 heavy (non-hydrogen) atoms. The van der Waals surface area contributed by atoms with Crippen molar-refractivity contribution in [2.45, 2.75) is 33.4 Å². The standard InChI is InChI=1S/C12H18N4S/c1-4-14-9(3)10-7-17-12(15-10)11-6-13-8-16(11)5-2/h6-9,14H,4-5H2,1-3H3. The number of hydrogen-bond acceptors (Lipinski definition) is 4. The summed E-state index contributed by atoms with van der Waals surface area (Å²) in [5, 5.41) is 6.54. The lowest BCUT2D eigenvalue weighted by molar-refractivity contribution is 0.586. The maximum absolute atomic E-state index is 4.68. The van der Waals surface area contributed by atoms with Gasteiger partial charge in [-0.05, 0) is 20.4 Å². The van der Waals surface area contributed by atoms with E-state index in [-0.39, 0.29) is 0 Å². The zero-order valence-electron chi connectivity index (χ0n) is 10.5. The summed E-state index contributed by atoms with van der Waals surface area (Å²) in [6.45, 7) is 8.24. The Kier molecular flexibility index (Phi) is 3.91. The number of imidazole rings is 1. The number of thiazole rings is 1. The summed E-state index contributed by atoms with van der Waals surface area (Å²) >= 11 is 1.68. The molecule has 0 bridgehead atoms. The number of nitrogens with zero attached hydrogens (tertiary/aromatic N) is 3. The normalized spacial score (nSPS) is 12.9. The molecule has 0 saturated carbocycles. The van der Waals surface area contributed by atoms with Gasteiger partial charge in [0.05, 0.1) is 23.9 Å². The molecule has 0 spiro atoms. The number of nitrogens with one attached hydrogen (secondary N) is 1. The third kappa shape index (κ3) is 2.56. The summed E-state index contributed by atoms with van der Waals surface area (Å²) < 4.78 is 2.11. The summed E-state index contributed by atoms with van der Waals surface area (Å²) in [7, 11) is 0. The van der Waals surface area contributed by atoms with E-state index in [9.17, 15) is 0 Å². The fourth-order valence-electron chi connectivity index (χ4n) is 1.76. The second kappa shape index (κ2) is 5.42. The van der Waals surface area contributed by atoms with E-state index in [2.05, 4.69) is 46.0 Å². The van der Waals surface area contributed by atoms with Crippen molar-refractivity contribution in [3.8, 4) is 10.7 Å². The highest BCUT2D eigenvalue weighted by molar-refractivity contribution is 7.13. The first-order valence-corrected chi connectivity index (χ1v) is 6.83. The van der Waals surface area contributed by atoms with Crippen molar-refractivity contribution in [2.75, 3.05) is 6.54 Å². The molecule has 2 rings (SSSR count). The summed E-state index contributed by atoms with van der Waals surface area (Å²) in [5.41, 5.74) is 2.21.